The molecule has 0 fully saturated rings. The lowest BCUT2D eigenvalue weighted by atomic mass is 10.0. The Hall–Kier alpha value is -4.32. The van der Waals surface area contributed by atoms with Crippen LogP contribution in [-0.4, -0.2) is 27.0 Å². The Morgan fingerprint density at radius 3 is 2.41 bits per heavy atom. The summed E-state index contributed by atoms with van der Waals surface area (Å²) in [5.74, 6) is 1.90. The molecular formula is C26H21N5O. The summed E-state index contributed by atoms with van der Waals surface area (Å²) < 4.78 is 5.18. The molecule has 0 saturated carbocycles. The van der Waals surface area contributed by atoms with E-state index in [2.05, 4.69) is 33.5 Å². The number of hydrogen-bond donors (Lipinski definition) is 1. The van der Waals surface area contributed by atoms with Gasteiger partial charge in [-0.15, -0.1) is 0 Å². The smallest absolute Gasteiger partial charge is 0.212 e. The fourth-order valence-corrected chi connectivity index (χ4v) is 3.61. The number of benzene rings is 2. The molecule has 5 rings (SSSR count). The minimum absolute atomic E-state index is 0.550. The number of methoxy groups -OCH3 is 1. The van der Waals surface area contributed by atoms with Crippen LogP contribution in [0.2, 0.25) is 0 Å². The van der Waals surface area contributed by atoms with Crippen molar-refractivity contribution in [2.75, 3.05) is 12.4 Å². The molecule has 2 aromatic carbocycles. The highest BCUT2D eigenvalue weighted by atomic mass is 16.5. The summed E-state index contributed by atoms with van der Waals surface area (Å²) in [6.07, 6.45) is 3.52. The molecule has 156 valence electrons. The normalized spacial score (nSPS) is 10.8. The van der Waals surface area contributed by atoms with Crippen molar-refractivity contribution in [3.8, 4) is 28.4 Å². The zero-order valence-electron chi connectivity index (χ0n) is 17.6. The van der Waals surface area contributed by atoms with Crippen LogP contribution in [0.4, 0.5) is 5.82 Å². The van der Waals surface area contributed by atoms with E-state index in [0.717, 1.165) is 39.1 Å². The van der Waals surface area contributed by atoms with Crippen molar-refractivity contribution in [1.29, 1.82) is 0 Å². The second kappa shape index (κ2) is 8.81. The zero-order valence-corrected chi connectivity index (χ0v) is 17.6. The molecule has 0 amide bonds. The van der Waals surface area contributed by atoms with Gasteiger partial charge in [-0.1, -0.05) is 48.5 Å². The first kappa shape index (κ1) is 19.6. The predicted octanol–water partition coefficient (Wildman–Crippen LogP) is 5.37. The van der Waals surface area contributed by atoms with E-state index in [1.54, 1.807) is 19.5 Å². The number of ether oxygens (including phenoxy) is 1. The first-order valence-electron chi connectivity index (χ1n) is 10.3. The molecule has 3 aromatic heterocycles. The van der Waals surface area contributed by atoms with E-state index in [-0.39, 0.29) is 0 Å². The average molecular weight is 419 g/mol. The van der Waals surface area contributed by atoms with Gasteiger partial charge in [0.1, 0.15) is 5.82 Å². The second-order valence-corrected chi connectivity index (χ2v) is 7.23. The molecule has 0 bridgehead atoms. The number of nitrogens with one attached hydrogen (secondary N) is 1. The third-order valence-electron chi connectivity index (χ3n) is 5.17. The average Bonchev–Trinajstić information content (AvgIpc) is 2.88. The van der Waals surface area contributed by atoms with Crippen LogP contribution in [0.5, 0.6) is 5.88 Å². The maximum Gasteiger partial charge on any atom is 0.212 e. The van der Waals surface area contributed by atoms with Gasteiger partial charge in [0.25, 0.3) is 0 Å². The van der Waals surface area contributed by atoms with Gasteiger partial charge in [-0.3, -0.25) is 4.98 Å². The Morgan fingerprint density at radius 2 is 1.66 bits per heavy atom. The number of fused-ring (bicyclic) bond motifs is 1. The van der Waals surface area contributed by atoms with Crippen LogP contribution < -0.4 is 10.1 Å². The lowest BCUT2D eigenvalue weighted by Crippen LogP contribution is -2.06. The SMILES string of the molecule is COc1ccc(-c2nc(NCc3ccccn3)c3c(-c4ccccc4)cccc3n2)cn1. The van der Waals surface area contributed by atoms with Crippen molar-refractivity contribution >= 4 is 16.7 Å². The van der Waals surface area contributed by atoms with Gasteiger partial charge in [-0.2, -0.15) is 0 Å². The predicted molar refractivity (Wildman–Crippen MR) is 126 cm³/mol. The van der Waals surface area contributed by atoms with Crippen LogP contribution >= 0.6 is 0 Å². The van der Waals surface area contributed by atoms with Gasteiger partial charge < -0.3 is 10.1 Å². The molecule has 6 nitrogen and oxygen atoms in total. The van der Waals surface area contributed by atoms with Gasteiger partial charge in [0.15, 0.2) is 5.82 Å². The summed E-state index contributed by atoms with van der Waals surface area (Å²) in [5, 5.41) is 4.46. The van der Waals surface area contributed by atoms with Crippen molar-refractivity contribution in [2.24, 2.45) is 0 Å². The summed E-state index contributed by atoms with van der Waals surface area (Å²) >= 11 is 0. The highest BCUT2D eigenvalue weighted by molar-refractivity contribution is 6.02. The number of nitrogens with zero attached hydrogens (tertiary/aromatic N) is 4. The van der Waals surface area contributed by atoms with Gasteiger partial charge in [-0.05, 0) is 35.4 Å². The topological polar surface area (TPSA) is 72.8 Å². The van der Waals surface area contributed by atoms with Gasteiger partial charge in [0, 0.05) is 24.0 Å². The van der Waals surface area contributed by atoms with Gasteiger partial charge in [0.2, 0.25) is 5.88 Å². The molecule has 3 heterocycles. The monoisotopic (exact) mass is 419 g/mol. The van der Waals surface area contributed by atoms with Crippen LogP contribution in [-0.2, 0) is 6.54 Å². The highest BCUT2D eigenvalue weighted by Crippen LogP contribution is 2.34. The fourth-order valence-electron chi connectivity index (χ4n) is 3.61. The molecular weight excluding hydrogens is 398 g/mol. The van der Waals surface area contributed by atoms with Crippen LogP contribution in [0.15, 0.2) is 91.3 Å². The van der Waals surface area contributed by atoms with Gasteiger partial charge in [-0.25, -0.2) is 15.0 Å². The maximum absolute atomic E-state index is 5.18. The first-order chi connectivity index (χ1) is 15.8. The van der Waals surface area contributed by atoms with Crippen molar-refractivity contribution in [3.05, 3.63) is 97.0 Å². The summed E-state index contributed by atoms with van der Waals surface area (Å²) in [5.41, 5.74) is 4.80. The largest absolute Gasteiger partial charge is 0.481 e. The van der Waals surface area contributed by atoms with E-state index in [0.29, 0.717) is 18.2 Å². The lowest BCUT2D eigenvalue weighted by Gasteiger charge is -2.14. The number of pyridine rings is 2. The number of anilines is 1. The Morgan fingerprint density at radius 1 is 0.781 bits per heavy atom. The first-order valence-corrected chi connectivity index (χ1v) is 10.3. The van der Waals surface area contributed by atoms with E-state index < -0.39 is 0 Å². The molecule has 0 aliphatic heterocycles. The molecule has 0 aliphatic rings. The number of rotatable bonds is 6. The summed E-state index contributed by atoms with van der Waals surface area (Å²) in [4.78, 5) is 18.5. The quantitative estimate of drug-likeness (QED) is 0.399. The molecule has 0 saturated heterocycles. The minimum Gasteiger partial charge on any atom is -0.481 e. The third-order valence-corrected chi connectivity index (χ3v) is 5.17. The van der Waals surface area contributed by atoms with E-state index in [1.165, 1.54) is 0 Å². The highest BCUT2D eigenvalue weighted by Gasteiger charge is 2.14. The summed E-state index contributed by atoms with van der Waals surface area (Å²) in [6, 6.07) is 26.0. The lowest BCUT2D eigenvalue weighted by molar-refractivity contribution is 0.398. The van der Waals surface area contributed by atoms with Gasteiger partial charge >= 0.3 is 0 Å². The van der Waals surface area contributed by atoms with Crippen molar-refractivity contribution < 1.29 is 4.74 Å². The van der Waals surface area contributed by atoms with Crippen LogP contribution in [0, 0.1) is 0 Å². The molecule has 5 aromatic rings. The number of hydrogen-bond acceptors (Lipinski definition) is 6. The Labute approximate surface area is 186 Å². The molecule has 0 spiro atoms. The van der Waals surface area contributed by atoms with E-state index in [9.17, 15) is 0 Å². The van der Waals surface area contributed by atoms with E-state index in [1.807, 2.05) is 60.7 Å². The summed E-state index contributed by atoms with van der Waals surface area (Å²) in [7, 11) is 1.60. The van der Waals surface area contributed by atoms with Crippen molar-refractivity contribution in [2.45, 2.75) is 6.54 Å². The third kappa shape index (κ3) is 3.98. The minimum atomic E-state index is 0.550. The molecule has 6 heteroatoms. The zero-order chi connectivity index (χ0) is 21.8. The second-order valence-electron chi connectivity index (χ2n) is 7.23. The van der Waals surface area contributed by atoms with Crippen molar-refractivity contribution in [1.82, 2.24) is 19.9 Å². The van der Waals surface area contributed by atoms with Crippen LogP contribution in [0.1, 0.15) is 5.69 Å². The summed E-state index contributed by atoms with van der Waals surface area (Å²) in [6.45, 7) is 0.552. The van der Waals surface area contributed by atoms with Gasteiger partial charge in [0.05, 0.1) is 30.3 Å². The molecule has 0 radical (unpaired) electrons. The van der Waals surface area contributed by atoms with E-state index >= 15 is 0 Å². The molecule has 0 aliphatic carbocycles. The number of aromatic nitrogens is 4. The maximum atomic E-state index is 5.18. The molecule has 0 unspecified atom stereocenters. The van der Waals surface area contributed by atoms with Crippen LogP contribution in [0.25, 0.3) is 33.4 Å². The standard InChI is InChI=1S/C26H21N5O/c1-32-23-14-13-19(16-28-23)25-30-22-12-7-11-21(18-8-3-2-4-9-18)24(22)26(31-25)29-17-20-10-5-6-15-27-20/h2-16H,17H2,1H3,(H,29,30,31). The molecule has 1 N–H and O–H groups in total. The van der Waals surface area contributed by atoms with Crippen molar-refractivity contribution in [3.63, 3.8) is 0 Å². The molecule has 0 atom stereocenters. The Balaban J connectivity index is 1.65. The fraction of sp³-hybridized carbons (Fsp3) is 0.0769. The Kier molecular flexibility index (Phi) is 5.41. The van der Waals surface area contributed by atoms with Crippen LogP contribution in [0.3, 0.4) is 0 Å². The molecule has 32 heavy (non-hydrogen) atoms. The Bertz CT molecular complexity index is 1340. The van der Waals surface area contributed by atoms with E-state index in [4.69, 9.17) is 14.7 Å².